The summed E-state index contributed by atoms with van der Waals surface area (Å²) >= 11 is 0. The van der Waals surface area contributed by atoms with Gasteiger partial charge in [0.15, 0.2) is 0 Å². The first-order chi connectivity index (χ1) is 8.72. The molecule has 0 atom stereocenters. The van der Waals surface area contributed by atoms with Crippen molar-refractivity contribution in [2.75, 3.05) is 11.9 Å². The average Bonchev–Trinajstić information content (AvgIpc) is 2.35. The first-order valence-corrected chi connectivity index (χ1v) is 6.08. The fourth-order valence-electron chi connectivity index (χ4n) is 1.68. The Bertz CT molecular complexity index is 373. The molecule has 4 heteroatoms. The minimum absolute atomic E-state index is 0.0604. The second-order valence-corrected chi connectivity index (χ2v) is 4.12. The highest BCUT2D eigenvalue weighted by Gasteiger charge is 1.97. The summed E-state index contributed by atoms with van der Waals surface area (Å²) < 4.78 is 4.49. The zero-order valence-corrected chi connectivity index (χ0v) is 10.6. The van der Waals surface area contributed by atoms with Gasteiger partial charge in [0.25, 0.3) is 0 Å². The van der Waals surface area contributed by atoms with E-state index in [0.717, 1.165) is 31.4 Å². The lowest BCUT2D eigenvalue weighted by atomic mass is 10.1. The number of anilines is 1. The molecule has 0 aliphatic carbocycles. The number of unbranched alkanes of at least 4 members (excludes halogenated alkanes) is 2. The molecule has 4 nitrogen and oxygen atoms in total. The molecule has 0 aliphatic heterocycles. The normalized spacial score (nSPS) is 9.83. The molecule has 0 bridgehead atoms. The van der Waals surface area contributed by atoms with Crippen LogP contribution < -0.4 is 5.32 Å². The topological polar surface area (TPSA) is 55.4 Å². The van der Waals surface area contributed by atoms with Crippen LogP contribution in [0, 0.1) is 0 Å². The van der Waals surface area contributed by atoms with Gasteiger partial charge in [0, 0.05) is 12.6 Å². The van der Waals surface area contributed by atoms with Gasteiger partial charge < -0.3 is 10.1 Å². The van der Waals surface area contributed by atoms with Crippen LogP contribution >= 0.6 is 0 Å². The smallest absolute Gasteiger partial charge is 0.417 e. The fourth-order valence-corrected chi connectivity index (χ4v) is 1.68. The zero-order chi connectivity index (χ0) is 13.2. The molecule has 97 valence electrons. The Hall–Kier alpha value is -1.84. The van der Waals surface area contributed by atoms with Crippen molar-refractivity contribution in [3.05, 3.63) is 29.8 Å². The van der Waals surface area contributed by atoms with E-state index < -0.39 is 0 Å². The van der Waals surface area contributed by atoms with Crippen molar-refractivity contribution in [3.63, 3.8) is 0 Å². The van der Waals surface area contributed by atoms with Gasteiger partial charge in [0.1, 0.15) is 0 Å². The predicted octanol–water partition coefficient (Wildman–Crippen LogP) is 2.44. The Labute approximate surface area is 107 Å². The number of hydrogen-bond acceptors (Lipinski definition) is 3. The van der Waals surface area contributed by atoms with Gasteiger partial charge in [0.05, 0.1) is 6.61 Å². The van der Waals surface area contributed by atoms with Gasteiger partial charge in [0.2, 0.25) is 5.91 Å². The van der Waals surface area contributed by atoms with E-state index in [2.05, 4.69) is 10.1 Å². The lowest BCUT2D eigenvalue weighted by Crippen LogP contribution is -2.05. The number of carbonyl (C=O) groups is 1. The molecule has 1 aromatic rings. The van der Waals surface area contributed by atoms with E-state index in [0.29, 0.717) is 6.61 Å². The Kier molecular flexibility index (Phi) is 6.54. The van der Waals surface area contributed by atoms with Gasteiger partial charge in [-0.3, -0.25) is 4.79 Å². The standard InChI is InChI=1S/C14H18NO3/c1-12(17)15-14-8-6-13(7-9-14)5-3-2-4-10-18-11-16/h6-9H,2-5,10H2,1H3,(H,15,17). The molecule has 1 aromatic carbocycles. The predicted molar refractivity (Wildman–Crippen MR) is 69.9 cm³/mol. The molecule has 0 heterocycles. The van der Waals surface area contributed by atoms with Gasteiger partial charge in [-0.05, 0) is 43.4 Å². The zero-order valence-electron chi connectivity index (χ0n) is 10.6. The summed E-state index contributed by atoms with van der Waals surface area (Å²) in [4.78, 5) is 20.6. The van der Waals surface area contributed by atoms with Crippen LogP contribution in [0.1, 0.15) is 31.7 Å². The molecule has 0 saturated heterocycles. The monoisotopic (exact) mass is 248 g/mol. The third kappa shape index (κ3) is 6.03. The fraction of sp³-hybridized carbons (Fsp3) is 0.429. The maximum atomic E-state index is 10.8. The van der Waals surface area contributed by atoms with Crippen molar-refractivity contribution in [2.24, 2.45) is 0 Å². The van der Waals surface area contributed by atoms with Gasteiger partial charge in [-0.15, -0.1) is 0 Å². The Balaban J connectivity index is 2.22. The maximum Gasteiger partial charge on any atom is 0.417 e. The van der Waals surface area contributed by atoms with E-state index in [9.17, 15) is 9.59 Å². The van der Waals surface area contributed by atoms with Gasteiger partial charge >= 0.3 is 6.47 Å². The van der Waals surface area contributed by atoms with E-state index >= 15 is 0 Å². The number of rotatable bonds is 8. The summed E-state index contributed by atoms with van der Waals surface area (Å²) in [7, 11) is 0. The highest BCUT2D eigenvalue weighted by molar-refractivity contribution is 5.88. The summed E-state index contributed by atoms with van der Waals surface area (Å²) in [6, 6.07) is 7.84. The first kappa shape index (κ1) is 14.2. The van der Waals surface area contributed by atoms with Crippen LogP contribution in [0.2, 0.25) is 0 Å². The molecule has 1 N–H and O–H groups in total. The summed E-state index contributed by atoms with van der Waals surface area (Å²) in [5.74, 6) is -0.0604. The van der Waals surface area contributed by atoms with Crippen LogP contribution in [-0.2, 0) is 20.7 Å². The number of carbonyl (C=O) groups excluding carboxylic acids is 2. The minimum Gasteiger partial charge on any atom is -0.457 e. The van der Waals surface area contributed by atoms with E-state index in [1.807, 2.05) is 24.3 Å². The Morgan fingerprint density at radius 3 is 2.56 bits per heavy atom. The van der Waals surface area contributed by atoms with Gasteiger partial charge in [-0.2, -0.15) is 0 Å². The Morgan fingerprint density at radius 1 is 1.22 bits per heavy atom. The van der Waals surface area contributed by atoms with Crippen molar-refractivity contribution in [1.82, 2.24) is 0 Å². The van der Waals surface area contributed by atoms with Crippen LogP contribution in [0.4, 0.5) is 5.69 Å². The van der Waals surface area contributed by atoms with Crippen LogP contribution in [0.3, 0.4) is 0 Å². The second kappa shape index (κ2) is 8.28. The van der Waals surface area contributed by atoms with Crippen molar-refractivity contribution in [3.8, 4) is 0 Å². The summed E-state index contributed by atoms with van der Waals surface area (Å²) in [5.41, 5.74) is 2.06. The summed E-state index contributed by atoms with van der Waals surface area (Å²) in [6.07, 6.45) is 3.95. The van der Waals surface area contributed by atoms with Crippen LogP contribution in [-0.4, -0.2) is 19.0 Å². The summed E-state index contributed by atoms with van der Waals surface area (Å²) in [5, 5.41) is 2.73. The van der Waals surface area contributed by atoms with Crippen molar-refractivity contribution in [1.29, 1.82) is 0 Å². The van der Waals surface area contributed by atoms with Crippen LogP contribution in [0.25, 0.3) is 0 Å². The molecule has 1 amide bonds. The van der Waals surface area contributed by atoms with E-state index in [4.69, 9.17) is 0 Å². The second-order valence-electron chi connectivity index (χ2n) is 4.12. The molecule has 0 unspecified atom stereocenters. The van der Waals surface area contributed by atoms with Gasteiger partial charge in [-0.1, -0.05) is 12.1 Å². The lowest BCUT2D eigenvalue weighted by molar-refractivity contribution is -0.114. The van der Waals surface area contributed by atoms with Crippen LogP contribution in [0.5, 0.6) is 0 Å². The third-order valence-electron chi connectivity index (χ3n) is 2.55. The Morgan fingerprint density at radius 2 is 1.94 bits per heavy atom. The third-order valence-corrected chi connectivity index (χ3v) is 2.55. The molecule has 0 saturated carbocycles. The van der Waals surface area contributed by atoms with Crippen molar-refractivity contribution >= 4 is 18.1 Å². The average molecular weight is 248 g/mol. The first-order valence-electron chi connectivity index (χ1n) is 6.08. The molecule has 0 aromatic heterocycles. The molecular formula is C14H18NO3. The molecule has 0 fully saturated rings. The van der Waals surface area contributed by atoms with Crippen molar-refractivity contribution in [2.45, 2.75) is 32.6 Å². The van der Waals surface area contributed by atoms with Crippen molar-refractivity contribution < 1.29 is 14.3 Å². The number of benzene rings is 1. The number of nitrogens with one attached hydrogen (secondary N) is 1. The number of ether oxygens (including phenoxy) is 1. The maximum absolute atomic E-state index is 10.8. The lowest BCUT2D eigenvalue weighted by Gasteiger charge is -2.04. The van der Waals surface area contributed by atoms with E-state index in [1.54, 1.807) is 0 Å². The van der Waals surface area contributed by atoms with Crippen LogP contribution in [0.15, 0.2) is 24.3 Å². The quantitative estimate of drug-likeness (QED) is 0.719. The SMILES string of the molecule is CC(=O)Nc1ccc(CCCCCO[C]=O)cc1. The van der Waals surface area contributed by atoms with E-state index in [-0.39, 0.29) is 5.91 Å². The van der Waals surface area contributed by atoms with Gasteiger partial charge in [-0.25, -0.2) is 4.79 Å². The molecule has 1 rings (SSSR count). The largest absolute Gasteiger partial charge is 0.457 e. The summed E-state index contributed by atoms with van der Waals surface area (Å²) in [6.45, 7) is 3.36. The minimum atomic E-state index is -0.0604. The molecule has 18 heavy (non-hydrogen) atoms. The number of hydrogen-bond donors (Lipinski definition) is 1. The number of amides is 1. The highest BCUT2D eigenvalue weighted by Crippen LogP contribution is 2.12. The number of aryl methyl sites for hydroxylation is 1. The molecule has 0 aliphatic rings. The highest BCUT2D eigenvalue weighted by atomic mass is 16.5. The molecular weight excluding hydrogens is 230 g/mol. The molecule has 0 spiro atoms. The van der Waals surface area contributed by atoms with E-state index in [1.165, 1.54) is 19.0 Å². The molecule has 1 radical (unpaired) electrons.